The van der Waals surface area contributed by atoms with Crippen molar-refractivity contribution in [2.75, 3.05) is 12.4 Å². The normalized spacial score (nSPS) is 10.5. The fourth-order valence-electron chi connectivity index (χ4n) is 2.36. The van der Waals surface area contributed by atoms with E-state index >= 15 is 0 Å². The topological polar surface area (TPSA) is 64.1 Å². The van der Waals surface area contributed by atoms with Gasteiger partial charge in [-0.3, -0.25) is 10.1 Å². The van der Waals surface area contributed by atoms with Gasteiger partial charge in [-0.25, -0.2) is 9.97 Å². The maximum atomic E-state index is 12.4. The van der Waals surface area contributed by atoms with Gasteiger partial charge in [0.1, 0.15) is 5.56 Å². The van der Waals surface area contributed by atoms with E-state index in [2.05, 4.69) is 50.3 Å². The monoisotopic (exact) mass is 417 g/mol. The van der Waals surface area contributed by atoms with Gasteiger partial charge < -0.3 is 4.74 Å². The van der Waals surface area contributed by atoms with Crippen molar-refractivity contribution in [2.45, 2.75) is 13.3 Å². The van der Waals surface area contributed by atoms with Crippen LogP contribution in [0.15, 0.2) is 47.2 Å². The first-order valence-corrected chi connectivity index (χ1v) is 9.18. The molecule has 1 amide bonds. The van der Waals surface area contributed by atoms with E-state index in [4.69, 9.17) is 4.74 Å². The molecule has 3 rings (SSSR count). The minimum Gasteiger partial charge on any atom is -0.480 e. The molecule has 0 saturated heterocycles. The maximum absolute atomic E-state index is 12.4. The van der Waals surface area contributed by atoms with E-state index in [0.29, 0.717) is 16.6 Å². The third-order valence-electron chi connectivity index (χ3n) is 3.58. The second kappa shape index (κ2) is 7.76. The zero-order valence-electron chi connectivity index (χ0n) is 13.7. The highest BCUT2D eigenvalue weighted by atomic mass is 79.9. The third-order valence-corrected chi connectivity index (χ3v) is 5.39. The molecule has 2 heterocycles. The molecule has 0 atom stereocenters. The Morgan fingerprint density at radius 3 is 2.92 bits per heavy atom. The van der Waals surface area contributed by atoms with Crippen LogP contribution < -0.4 is 10.1 Å². The fourth-order valence-corrected chi connectivity index (χ4v) is 3.44. The van der Waals surface area contributed by atoms with Gasteiger partial charge in [0.15, 0.2) is 5.13 Å². The summed E-state index contributed by atoms with van der Waals surface area (Å²) in [4.78, 5) is 21.8. The Kier molecular flexibility index (Phi) is 5.45. The zero-order chi connectivity index (χ0) is 17.8. The van der Waals surface area contributed by atoms with Gasteiger partial charge in [0, 0.05) is 28.2 Å². The Morgan fingerprint density at radius 1 is 1.32 bits per heavy atom. The zero-order valence-corrected chi connectivity index (χ0v) is 16.1. The molecule has 7 heteroatoms. The molecule has 0 bridgehead atoms. The molecule has 1 N–H and O–H groups in total. The summed E-state index contributed by atoms with van der Waals surface area (Å²) in [6.07, 6.45) is 4.15. The smallest absolute Gasteiger partial charge is 0.262 e. The summed E-state index contributed by atoms with van der Waals surface area (Å²) in [5.41, 5.74) is 2.78. The number of hydrogen-bond donors (Lipinski definition) is 1. The molecule has 0 radical (unpaired) electrons. The Morgan fingerprint density at radius 2 is 2.16 bits per heavy atom. The van der Waals surface area contributed by atoms with Crippen LogP contribution >= 0.6 is 27.3 Å². The highest BCUT2D eigenvalue weighted by Gasteiger charge is 2.14. The van der Waals surface area contributed by atoms with E-state index in [1.807, 2.05) is 6.07 Å². The van der Waals surface area contributed by atoms with Gasteiger partial charge in [0.05, 0.1) is 7.11 Å². The van der Waals surface area contributed by atoms with Crippen LogP contribution in [0.4, 0.5) is 5.13 Å². The standard InChI is InChI=1S/C18H16BrN3O2S/c1-11-8-12(5-6-15(11)19)9-13-10-21-18(25-13)22-16(23)14-4-3-7-20-17(14)24-2/h3-8,10H,9H2,1-2H3,(H,21,22,23). The molecule has 0 aliphatic rings. The average Bonchev–Trinajstić information content (AvgIpc) is 3.05. The van der Waals surface area contributed by atoms with Crippen molar-refractivity contribution in [1.82, 2.24) is 9.97 Å². The second-order valence-corrected chi connectivity index (χ2v) is 7.38. The maximum Gasteiger partial charge on any atom is 0.262 e. The molecule has 128 valence electrons. The number of benzene rings is 1. The summed E-state index contributed by atoms with van der Waals surface area (Å²) in [6.45, 7) is 2.06. The Bertz CT molecular complexity index is 911. The molecule has 0 spiro atoms. The van der Waals surface area contributed by atoms with Gasteiger partial charge in [-0.05, 0) is 36.2 Å². The van der Waals surface area contributed by atoms with E-state index < -0.39 is 0 Å². The minimum atomic E-state index is -0.287. The van der Waals surface area contributed by atoms with Gasteiger partial charge in [0.25, 0.3) is 5.91 Å². The average molecular weight is 418 g/mol. The van der Waals surface area contributed by atoms with E-state index in [9.17, 15) is 4.79 Å². The number of thiazole rings is 1. The largest absolute Gasteiger partial charge is 0.480 e. The Balaban J connectivity index is 1.71. The van der Waals surface area contributed by atoms with Crippen molar-refractivity contribution >= 4 is 38.3 Å². The number of nitrogens with one attached hydrogen (secondary N) is 1. The highest BCUT2D eigenvalue weighted by molar-refractivity contribution is 9.10. The number of aromatic nitrogens is 2. The number of anilines is 1. The highest BCUT2D eigenvalue weighted by Crippen LogP contribution is 2.25. The number of hydrogen-bond acceptors (Lipinski definition) is 5. The van der Waals surface area contributed by atoms with Gasteiger partial charge in [0.2, 0.25) is 5.88 Å². The van der Waals surface area contributed by atoms with E-state index in [1.54, 1.807) is 24.5 Å². The van der Waals surface area contributed by atoms with Crippen molar-refractivity contribution in [3.05, 3.63) is 68.8 Å². The van der Waals surface area contributed by atoms with Crippen molar-refractivity contribution in [2.24, 2.45) is 0 Å². The molecule has 25 heavy (non-hydrogen) atoms. The van der Waals surface area contributed by atoms with Crippen LogP contribution in [-0.4, -0.2) is 23.0 Å². The lowest BCUT2D eigenvalue weighted by molar-refractivity contribution is 0.102. The molecule has 1 aromatic carbocycles. The van der Waals surface area contributed by atoms with Crippen molar-refractivity contribution in [3.63, 3.8) is 0 Å². The summed E-state index contributed by atoms with van der Waals surface area (Å²) >= 11 is 4.97. The van der Waals surface area contributed by atoms with Crippen LogP contribution in [0.2, 0.25) is 0 Å². The summed E-state index contributed by atoms with van der Waals surface area (Å²) in [7, 11) is 1.49. The van der Waals surface area contributed by atoms with E-state index in [-0.39, 0.29) is 5.91 Å². The van der Waals surface area contributed by atoms with Gasteiger partial charge in [-0.1, -0.05) is 28.1 Å². The lowest BCUT2D eigenvalue weighted by atomic mass is 10.1. The lowest BCUT2D eigenvalue weighted by Gasteiger charge is -2.05. The van der Waals surface area contributed by atoms with Gasteiger partial charge in [-0.2, -0.15) is 0 Å². The number of pyridine rings is 1. The minimum absolute atomic E-state index is 0.287. The molecule has 0 fully saturated rings. The molecule has 3 aromatic rings. The summed E-state index contributed by atoms with van der Waals surface area (Å²) in [5.74, 6) is 0.00690. The van der Waals surface area contributed by atoms with Crippen LogP contribution in [0.3, 0.4) is 0 Å². The Hall–Kier alpha value is -2.25. The SMILES string of the molecule is COc1ncccc1C(=O)Nc1ncc(Cc2ccc(Br)c(C)c2)s1. The summed E-state index contributed by atoms with van der Waals surface area (Å²) < 4.78 is 6.21. The Labute approximate surface area is 158 Å². The van der Waals surface area contributed by atoms with Crippen LogP contribution in [0, 0.1) is 6.92 Å². The number of carbonyl (C=O) groups excluding carboxylic acids is 1. The first-order chi connectivity index (χ1) is 12.1. The molecule has 5 nitrogen and oxygen atoms in total. The van der Waals surface area contributed by atoms with E-state index in [0.717, 1.165) is 15.8 Å². The number of aryl methyl sites for hydroxylation is 1. The molecular formula is C18H16BrN3O2S. The van der Waals surface area contributed by atoms with E-state index in [1.165, 1.54) is 29.6 Å². The number of nitrogens with zero attached hydrogens (tertiary/aromatic N) is 2. The second-order valence-electron chi connectivity index (χ2n) is 5.41. The van der Waals surface area contributed by atoms with Crippen LogP contribution in [0.25, 0.3) is 0 Å². The number of methoxy groups -OCH3 is 1. The number of amides is 1. The van der Waals surface area contributed by atoms with Crippen LogP contribution in [0.5, 0.6) is 5.88 Å². The third kappa shape index (κ3) is 4.24. The van der Waals surface area contributed by atoms with Crippen LogP contribution in [0.1, 0.15) is 26.4 Å². The molecule has 0 aliphatic carbocycles. The van der Waals surface area contributed by atoms with Crippen molar-refractivity contribution < 1.29 is 9.53 Å². The molecule has 0 saturated carbocycles. The summed E-state index contributed by atoms with van der Waals surface area (Å²) in [6, 6.07) is 9.63. The summed E-state index contributed by atoms with van der Waals surface area (Å²) in [5, 5.41) is 3.36. The number of rotatable bonds is 5. The predicted octanol–water partition coefficient (Wildman–Crippen LogP) is 4.46. The number of carbonyl (C=O) groups is 1. The van der Waals surface area contributed by atoms with Gasteiger partial charge in [-0.15, -0.1) is 11.3 Å². The van der Waals surface area contributed by atoms with Crippen molar-refractivity contribution in [3.8, 4) is 5.88 Å². The number of halogens is 1. The first kappa shape index (κ1) is 17.6. The number of ether oxygens (including phenoxy) is 1. The quantitative estimate of drug-likeness (QED) is 0.665. The molecule has 0 aliphatic heterocycles. The fraction of sp³-hybridized carbons (Fsp3) is 0.167. The van der Waals surface area contributed by atoms with Gasteiger partial charge >= 0.3 is 0 Å². The molecule has 2 aromatic heterocycles. The van der Waals surface area contributed by atoms with Crippen LogP contribution in [-0.2, 0) is 6.42 Å². The molecular weight excluding hydrogens is 402 g/mol. The predicted molar refractivity (Wildman–Crippen MR) is 103 cm³/mol. The van der Waals surface area contributed by atoms with Crippen molar-refractivity contribution in [1.29, 1.82) is 0 Å². The lowest BCUT2D eigenvalue weighted by Crippen LogP contribution is -2.13. The first-order valence-electron chi connectivity index (χ1n) is 7.57. The molecule has 0 unspecified atom stereocenters.